The van der Waals surface area contributed by atoms with E-state index in [1.165, 1.54) is 11.3 Å². The Labute approximate surface area is 204 Å². The van der Waals surface area contributed by atoms with E-state index in [-0.39, 0.29) is 24.4 Å². The number of ether oxygens (including phenoxy) is 1. The van der Waals surface area contributed by atoms with Crippen LogP contribution in [0.1, 0.15) is 49.9 Å². The Morgan fingerprint density at radius 2 is 1.94 bits per heavy atom. The summed E-state index contributed by atoms with van der Waals surface area (Å²) in [5.41, 5.74) is 2.04. The lowest BCUT2D eigenvalue weighted by Crippen LogP contribution is -2.39. The number of thiazole rings is 1. The van der Waals surface area contributed by atoms with Crippen LogP contribution in [0.3, 0.4) is 0 Å². The van der Waals surface area contributed by atoms with Gasteiger partial charge < -0.3 is 9.64 Å². The Kier molecular flexibility index (Phi) is 9.33. The molecule has 3 aromatic rings. The third kappa shape index (κ3) is 5.36. The fourth-order valence-corrected chi connectivity index (χ4v) is 4.82. The number of carbonyl (C=O) groups is 1. The lowest BCUT2D eigenvalue weighted by Gasteiger charge is -2.24. The lowest BCUT2D eigenvalue weighted by atomic mass is 10.3. The zero-order valence-corrected chi connectivity index (χ0v) is 21.8. The van der Waals surface area contributed by atoms with Gasteiger partial charge in [0.15, 0.2) is 10.8 Å². The second-order valence-electron chi connectivity index (χ2n) is 7.62. The van der Waals surface area contributed by atoms with Crippen molar-refractivity contribution in [2.24, 2.45) is 0 Å². The Balaban J connectivity index is 0.00000363. The van der Waals surface area contributed by atoms with Crippen molar-refractivity contribution in [2.45, 2.75) is 40.7 Å². The maximum atomic E-state index is 13.6. The molecule has 0 radical (unpaired) electrons. The second kappa shape index (κ2) is 11.3. The van der Waals surface area contributed by atoms with Gasteiger partial charge in [0.2, 0.25) is 0 Å². The molecule has 0 unspecified atom stereocenters. The van der Waals surface area contributed by atoms with Crippen LogP contribution in [0, 0.1) is 6.92 Å². The molecule has 2 heterocycles. The van der Waals surface area contributed by atoms with E-state index in [0.29, 0.717) is 33.7 Å². The van der Waals surface area contributed by atoms with Gasteiger partial charge in [0.05, 0.1) is 16.8 Å². The first kappa shape index (κ1) is 26.4. The van der Waals surface area contributed by atoms with Gasteiger partial charge in [0, 0.05) is 24.8 Å². The standard InChI is InChI=1S/C22H30ClN5O2S.ClH/c1-7-26(8-2)11-12-27(21(29)17-13-15(5)28(25-17)14(3)4)22-24-19-18(30-6)10-9-16(23)20(19)31-22;/h9-10,13-14H,7-8,11-12H2,1-6H3;1H. The molecule has 0 aliphatic heterocycles. The van der Waals surface area contributed by atoms with Crippen molar-refractivity contribution in [3.8, 4) is 5.75 Å². The van der Waals surface area contributed by atoms with Gasteiger partial charge in [-0.25, -0.2) is 4.98 Å². The molecular weight excluding hydrogens is 469 g/mol. The van der Waals surface area contributed by atoms with Gasteiger partial charge >= 0.3 is 0 Å². The maximum absolute atomic E-state index is 13.6. The van der Waals surface area contributed by atoms with Gasteiger partial charge in [-0.1, -0.05) is 36.8 Å². The minimum Gasteiger partial charge on any atom is -0.494 e. The third-order valence-corrected chi connectivity index (χ3v) is 6.85. The number of aryl methyl sites for hydroxylation is 1. The molecule has 0 saturated carbocycles. The van der Waals surface area contributed by atoms with Crippen molar-refractivity contribution < 1.29 is 9.53 Å². The number of benzene rings is 1. The number of hydrogen-bond donors (Lipinski definition) is 0. The summed E-state index contributed by atoms with van der Waals surface area (Å²) in [7, 11) is 1.60. The molecule has 0 spiro atoms. The number of hydrogen-bond acceptors (Lipinski definition) is 6. The van der Waals surface area contributed by atoms with E-state index in [0.717, 1.165) is 30.0 Å². The van der Waals surface area contributed by atoms with Gasteiger partial charge in [-0.05, 0) is 52.1 Å². The molecule has 2 aromatic heterocycles. The van der Waals surface area contributed by atoms with Crippen molar-refractivity contribution >= 4 is 56.6 Å². The van der Waals surface area contributed by atoms with E-state index >= 15 is 0 Å². The van der Waals surface area contributed by atoms with Crippen molar-refractivity contribution in [3.63, 3.8) is 0 Å². The number of amides is 1. The first-order valence-corrected chi connectivity index (χ1v) is 11.7. The molecule has 7 nitrogen and oxygen atoms in total. The van der Waals surface area contributed by atoms with Gasteiger partial charge in [-0.3, -0.25) is 14.4 Å². The molecule has 10 heteroatoms. The number of anilines is 1. The minimum atomic E-state index is -0.163. The summed E-state index contributed by atoms with van der Waals surface area (Å²) < 4.78 is 8.13. The summed E-state index contributed by atoms with van der Waals surface area (Å²) in [6, 6.07) is 5.61. The summed E-state index contributed by atoms with van der Waals surface area (Å²) >= 11 is 7.82. The molecule has 0 N–H and O–H groups in total. The fourth-order valence-electron chi connectivity index (χ4n) is 3.54. The quantitative estimate of drug-likeness (QED) is 0.391. The van der Waals surface area contributed by atoms with E-state index < -0.39 is 0 Å². The van der Waals surface area contributed by atoms with E-state index in [1.807, 2.05) is 31.5 Å². The van der Waals surface area contributed by atoms with Gasteiger partial charge in [-0.2, -0.15) is 5.10 Å². The molecular formula is C22H31Cl2N5O2S. The number of nitrogens with zero attached hydrogens (tertiary/aromatic N) is 5. The molecule has 0 atom stereocenters. The first-order valence-electron chi connectivity index (χ1n) is 10.5. The molecule has 1 aromatic carbocycles. The lowest BCUT2D eigenvalue weighted by molar-refractivity contribution is 0.0978. The molecule has 3 rings (SSSR count). The number of fused-ring (bicyclic) bond motifs is 1. The Bertz CT molecular complexity index is 1060. The normalized spacial score (nSPS) is 11.3. The van der Waals surface area contributed by atoms with Crippen LogP contribution in [-0.2, 0) is 0 Å². The average molecular weight is 500 g/mol. The van der Waals surface area contributed by atoms with E-state index in [1.54, 1.807) is 24.1 Å². The second-order valence-corrected chi connectivity index (χ2v) is 9.00. The number of likely N-dealkylation sites (N-methyl/N-ethyl adjacent to an activating group) is 1. The molecule has 0 bridgehead atoms. The van der Waals surface area contributed by atoms with Crippen LogP contribution in [0.2, 0.25) is 5.02 Å². The van der Waals surface area contributed by atoms with Crippen LogP contribution in [0.25, 0.3) is 10.2 Å². The average Bonchev–Trinajstić information content (AvgIpc) is 3.36. The molecule has 176 valence electrons. The number of methoxy groups -OCH3 is 1. The summed E-state index contributed by atoms with van der Waals surface area (Å²) in [6.07, 6.45) is 0. The van der Waals surface area contributed by atoms with Crippen molar-refractivity contribution in [2.75, 3.05) is 38.2 Å². The highest BCUT2D eigenvalue weighted by Gasteiger charge is 2.26. The van der Waals surface area contributed by atoms with Crippen LogP contribution in [0.5, 0.6) is 5.75 Å². The van der Waals surface area contributed by atoms with Crippen LogP contribution >= 0.6 is 35.3 Å². The Hall–Kier alpha value is -1.87. The first-order chi connectivity index (χ1) is 14.8. The molecule has 0 aliphatic rings. The monoisotopic (exact) mass is 499 g/mol. The smallest absolute Gasteiger partial charge is 0.280 e. The molecule has 1 amide bonds. The number of rotatable bonds is 9. The zero-order valence-electron chi connectivity index (χ0n) is 19.4. The fraction of sp³-hybridized carbons (Fsp3) is 0.500. The largest absolute Gasteiger partial charge is 0.494 e. The number of halogens is 2. The van der Waals surface area contributed by atoms with Gasteiger partial charge in [-0.15, -0.1) is 12.4 Å². The SMILES string of the molecule is CCN(CC)CCN(C(=O)c1cc(C)n(C(C)C)n1)c1nc2c(OC)ccc(Cl)c2s1.Cl. The van der Waals surface area contributed by atoms with Crippen LogP contribution < -0.4 is 9.64 Å². The summed E-state index contributed by atoms with van der Waals surface area (Å²) in [6.45, 7) is 13.4. The Morgan fingerprint density at radius 1 is 1.25 bits per heavy atom. The van der Waals surface area contributed by atoms with Gasteiger partial charge in [0.25, 0.3) is 5.91 Å². The van der Waals surface area contributed by atoms with E-state index in [9.17, 15) is 4.79 Å². The maximum Gasteiger partial charge on any atom is 0.280 e. The van der Waals surface area contributed by atoms with Crippen LogP contribution in [-0.4, -0.2) is 58.9 Å². The number of aromatic nitrogens is 3. The van der Waals surface area contributed by atoms with Crippen LogP contribution in [0.15, 0.2) is 18.2 Å². The number of carbonyl (C=O) groups excluding carboxylic acids is 1. The van der Waals surface area contributed by atoms with E-state index in [4.69, 9.17) is 21.3 Å². The summed E-state index contributed by atoms with van der Waals surface area (Å²) in [4.78, 5) is 22.3. The minimum absolute atomic E-state index is 0. The predicted octanol–water partition coefficient (Wildman–Crippen LogP) is 5.45. The third-order valence-electron chi connectivity index (χ3n) is 5.31. The van der Waals surface area contributed by atoms with E-state index in [2.05, 4.69) is 23.8 Å². The predicted molar refractivity (Wildman–Crippen MR) is 135 cm³/mol. The highest BCUT2D eigenvalue weighted by Crippen LogP contribution is 2.39. The summed E-state index contributed by atoms with van der Waals surface area (Å²) in [5.74, 6) is 0.474. The Morgan fingerprint density at radius 3 is 2.50 bits per heavy atom. The van der Waals surface area contributed by atoms with Crippen molar-refractivity contribution in [1.82, 2.24) is 19.7 Å². The topological polar surface area (TPSA) is 63.5 Å². The van der Waals surface area contributed by atoms with Crippen molar-refractivity contribution in [1.29, 1.82) is 0 Å². The summed E-state index contributed by atoms with van der Waals surface area (Å²) in [5, 5.41) is 5.75. The zero-order chi connectivity index (χ0) is 22.7. The van der Waals surface area contributed by atoms with Crippen molar-refractivity contribution in [3.05, 3.63) is 34.6 Å². The highest BCUT2D eigenvalue weighted by atomic mass is 35.5. The van der Waals surface area contributed by atoms with Crippen LogP contribution in [0.4, 0.5) is 5.13 Å². The molecule has 0 aliphatic carbocycles. The molecule has 0 saturated heterocycles. The highest BCUT2D eigenvalue weighted by molar-refractivity contribution is 7.23. The molecule has 0 fully saturated rings. The molecule has 32 heavy (non-hydrogen) atoms. The van der Waals surface area contributed by atoms with Gasteiger partial charge in [0.1, 0.15) is 11.3 Å².